The van der Waals surface area contributed by atoms with Gasteiger partial charge in [0, 0.05) is 15.5 Å². The maximum atomic E-state index is 12.2. The van der Waals surface area contributed by atoms with E-state index in [2.05, 4.69) is 32.9 Å². The average Bonchev–Trinajstić information content (AvgIpc) is 2.54. The van der Waals surface area contributed by atoms with Crippen LogP contribution in [-0.2, 0) is 9.53 Å². The van der Waals surface area contributed by atoms with Crippen molar-refractivity contribution in [2.45, 2.75) is 19.4 Å². The van der Waals surface area contributed by atoms with Crippen LogP contribution in [0.4, 0.5) is 5.69 Å². The van der Waals surface area contributed by atoms with Crippen molar-refractivity contribution in [3.05, 3.63) is 56.9 Å². The van der Waals surface area contributed by atoms with Crippen LogP contribution in [0.3, 0.4) is 0 Å². The van der Waals surface area contributed by atoms with Gasteiger partial charge in [-0.3, -0.25) is 4.79 Å². The molecule has 1 N–H and O–H groups in total. The molecule has 1 unspecified atom stereocenters. The lowest BCUT2D eigenvalue weighted by Crippen LogP contribution is -2.32. The summed E-state index contributed by atoms with van der Waals surface area (Å²) in [6, 6.07) is 10.2. The third-order valence-corrected chi connectivity index (χ3v) is 3.91. The fourth-order valence-corrected chi connectivity index (χ4v) is 2.34. The second-order valence-corrected chi connectivity index (χ2v) is 6.30. The van der Waals surface area contributed by atoms with Gasteiger partial charge < -0.3 is 10.1 Å². The van der Waals surface area contributed by atoms with Crippen LogP contribution in [0.5, 0.6) is 0 Å². The Morgan fingerprint density at radius 3 is 2.61 bits per heavy atom. The topological polar surface area (TPSA) is 68.3 Å². The van der Waals surface area contributed by atoms with E-state index in [0.717, 1.165) is 3.57 Å². The van der Waals surface area contributed by atoms with E-state index in [1.165, 1.54) is 18.3 Å². The van der Waals surface area contributed by atoms with Crippen LogP contribution in [-0.4, -0.2) is 23.0 Å². The molecule has 0 aliphatic rings. The summed E-state index contributed by atoms with van der Waals surface area (Å²) >= 11 is 7.92. The number of nitrogens with zero attached hydrogens (tertiary/aromatic N) is 1. The summed E-state index contributed by atoms with van der Waals surface area (Å²) in [6.45, 7) is 1.77. The molecule has 1 aromatic heterocycles. The van der Waals surface area contributed by atoms with Gasteiger partial charge in [0.25, 0.3) is 5.91 Å². The molecule has 2 rings (SSSR count). The molecule has 5 nitrogen and oxygen atoms in total. The lowest BCUT2D eigenvalue weighted by molar-refractivity contribution is -0.124. The molecule has 0 saturated heterocycles. The van der Waals surface area contributed by atoms with E-state index in [0.29, 0.717) is 12.1 Å². The van der Waals surface area contributed by atoms with Gasteiger partial charge in [-0.1, -0.05) is 18.5 Å². The molecule has 2 aromatic rings. The highest BCUT2D eigenvalue weighted by atomic mass is 127. The van der Waals surface area contributed by atoms with Crippen molar-refractivity contribution in [1.82, 2.24) is 4.98 Å². The normalized spacial score (nSPS) is 11.6. The number of amides is 1. The van der Waals surface area contributed by atoms with Crippen molar-refractivity contribution in [2.75, 3.05) is 5.32 Å². The number of anilines is 1. The number of halogens is 2. The largest absolute Gasteiger partial charge is 0.449 e. The van der Waals surface area contributed by atoms with Crippen molar-refractivity contribution in [3.8, 4) is 0 Å². The molecule has 23 heavy (non-hydrogen) atoms. The molecule has 1 aromatic carbocycles. The van der Waals surface area contributed by atoms with Crippen LogP contribution in [0.1, 0.15) is 23.7 Å². The number of pyridine rings is 1. The number of carbonyl (C=O) groups is 2. The molecule has 0 aliphatic heterocycles. The third-order valence-electron chi connectivity index (χ3n) is 2.99. The van der Waals surface area contributed by atoms with E-state index in [4.69, 9.17) is 16.3 Å². The van der Waals surface area contributed by atoms with Gasteiger partial charge >= 0.3 is 5.97 Å². The van der Waals surface area contributed by atoms with E-state index in [-0.39, 0.29) is 16.6 Å². The van der Waals surface area contributed by atoms with Crippen LogP contribution in [0.25, 0.3) is 0 Å². The van der Waals surface area contributed by atoms with Crippen molar-refractivity contribution in [2.24, 2.45) is 0 Å². The minimum Gasteiger partial charge on any atom is -0.449 e. The first kappa shape index (κ1) is 17.7. The van der Waals surface area contributed by atoms with Crippen LogP contribution in [0, 0.1) is 3.57 Å². The second kappa shape index (κ2) is 8.26. The maximum absolute atomic E-state index is 12.2. The van der Waals surface area contributed by atoms with Gasteiger partial charge in [-0.25, -0.2) is 9.78 Å². The van der Waals surface area contributed by atoms with Crippen molar-refractivity contribution in [1.29, 1.82) is 0 Å². The van der Waals surface area contributed by atoms with E-state index >= 15 is 0 Å². The molecular weight excluding hydrogens is 431 g/mol. The number of aromatic nitrogens is 1. The van der Waals surface area contributed by atoms with Crippen LogP contribution in [0.15, 0.2) is 42.6 Å². The molecule has 1 atom stereocenters. The van der Waals surface area contributed by atoms with Gasteiger partial charge in [-0.05, 0) is 65.4 Å². The summed E-state index contributed by atoms with van der Waals surface area (Å²) < 4.78 is 6.32. The molecule has 0 spiro atoms. The lowest BCUT2D eigenvalue weighted by Gasteiger charge is -2.16. The molecular formula is C16H14ClIN2O3. The van der Waals surface area contributed by atoms with Gasteiger partial charge in [-0.2, -0.15) is 0 Å². The van der Waals surface area contributed by atoms with E-state index < -0.39 is 12.1 Å². The Hall–Kier alpha value is -1.67. The summed E-state index contributed by atoms with van der Waals surface area (Å²) in [4.78, 5) is 28.1. The van der Waals surface area contributed by atoms with Crippen LogP contribution < -0.4 is 5.32 Å². The Bertz CT molecular complexity index is 707. The second-order valence-electron chi connectivity index (χ2n) is 4.67. The van der Waals surface area contributed by atoms with E-state index in [1.54, 1.807) is 19.1 Å². The Balaban J connectivity index is 2.02. The quantitative estimate of drug-likeness (QED) is 0.431. The zero-order valence-corrected chi connectivity index (χ0v) is 15.2. The Labute approximate surface area is 152 Å². The van der Waals surface area contributed by atoms with Crippen molar-refractivity contribution >= 4 is 51.8 Å². The number of rotatable bonds is 5. The molecule has 1 heterocycles. The van der Waals surface area contributed by atoms with Crippen molar-refractivity contribution in [3.63, 3.8) is 0 Å². The standard InChI is InChI=1S/C16H14ClIN2O3/c1-2-13(15(21)20-12-5-3-11(18)4-6-12)23-16(22)10-7-8-19-14(17)9-10/h3-9,13H,2H2,1H3,(H,20,21). The van der Waals surface area contributed by atoms with Gasteiger partial charge in [0.2, 0.25) is 0 Å². The summed E-state index contributed by atoms with van der Waals surface area (Å²) in [7, 11) is 0. The number of benzene rings is 1. The molecule has 0 radical (unpaired) electrons. The SMILES string of the molecule is CCC(OC(=O)c1ccnc(Cl)c1)C(=O)Nc1ccc(I)cc1. The molecule has 120 valence electrons. The zero-order chi connectivity index (χ0) is 16.8. The number of hydrogen-bond acceptors (Lipinski definition) is 4. The monoisotopic (exact) mass is 444 g/mol. The van der Waals surface area contributed by atoms with E-state index in [1.807, 2.05) is 12.1 Å². The number of hydrogen-bond donors (Lipinski definition) is 1. The van der Waals surface area contributed by atoms with Gasteiger partial charge in [0.1, 0.15) is 5.15 Å². The molecule has 0 bridgehead atoms. The Kier molecular flexibility index (Phi) is 6.35. The lowest BCUT2D eigenvalue weighted by atomic mass is 10.2. The Morgan fingerprint density at radius 2 is 2.00 bits per heavy atom. The molecule has 7 heteroatoms. The fourth-order valence-electron chi connectivity index (χ4n) is 1.80. The number of nitrogens with one attached hydrogen (secondary N) is 1. The van der Waals surface area contributed by atoms with Crippen LogP contribution in [0.2, 0.25) is 5.15 Å². The number of ether oxygens (including phenoxy) is 1. The van der Waals surface area contributed by atoms with Gasteiger partial charge in [0.05, 0.1) is 5.56 Å². The fraction of sp³-hybridized carbons (Fsp3) is 0.188. The summed E-state index contributed by atoms with van der Waals surface area (Å²) in [6.07, 6.45) is 0.889. The highest BCUT2D eigenvalue weighted by molar-refractivity contribution is 14.1. The highest BCUT2D eigenvalue weighted by Gasteiger charge is 2.22. The van der Waals surface area contributed by atoms with Gasteiger partial charge in [0.15, 0.2) is 6.10 Å². The maximum Gasteiger partial charge on any atom is 0.339 e. The predicted octanol–water partition coefficient (Wildman–Crippen LogP) is 3.91. The molecule has 1 amide bonds. The first-order valence-electron chi connectivity index (χ1n) is 6.88. The third kappa shape index (κ3) is 5.18. The first-order valence-corrected chi connectivity index (χ1v) is 8.34. The van der Waals surface area contributed by atoms with E-state index in [9.17, 15) is 9.59 Å². The number of carbonyl (C=O) groups excluding carboxylic acids is 2. The number of esters is 1. The van der Waals surface area contributed by atoms with Gasteiger partial charge in [-0.15, -0.1) is 0 Å². The summed E-state index contributed by atoms with van der Waals surface area (Å²) in [5.74, 6) is -0.985. The summed E-state index contributed by atoms with van der Waals surface area (Å²) in [5, 5.41) is 2.92. The zero-order valence-electron chi connectivity index (χ0n) is 12.3. The van der Waals surface area contributed by atoms with Crippen molar-refractivity contribution < 1.29 is 14.3 Å². The Morgan fingerprint density at radius 1 is 1.30 bits per heavy atom. The minimum absolute atomic E-state index is 0.191. The summed E-state index contributed by atoms with van der Waals surface area (Å²) in [5.41, 5.74) is 0.905. The molecule has 0 fully saturated rings. The highest BCUT2D eigenvalue weighted by Crippen LogP contribution is 2.14. The van der Waals surface area contributed by atoms with Crippen LogP contribution >= 0.6 is 34.2 Å². The molecule has 0 saturated carbocycles. The minimum atomic E-state index is -0.881. The average molecular weight is 445 g/mol. The first-order chi connectivity index (χ1) is 11.0. The molecule has 0 aliphatic carbocycles. The predicted molar refractivity (Wildman–Crippen MR) is 96.5 cm³/mol. The smallest absolute Gasteiger partial charge is 0.339 e.